The molecule has 2 aromatic heterocycles. The molecule has 0 saturated heterocycles. The van der Waals surface area contributed by atoms with Gasteiger partial charge in [0.1, 0.15) is 5.75 Å². The molecule has 0 amide bonds. The third-order valence-corrected chi connectivity index (χ3v) is 3.99. The minimum Gasteiger partial charge on any atom is -0.454 e. The molecule has 4 aromatic rings. The van der Waals surface area contributed by atoms with Crippen molar-refractivity contribution in [2.24, 2.45) is 7.05 Å². The average Bonchev–Trinajstić information content (AvgIpc) is 3.14. The first-order valence-electron chi connectivity index (χ1n) is 7.72. The van der Waals surface area contributed by atoms with E-state index in [9.17, 15) is 4.39 Å². The van der Waals surface area contributed by atoms with Crippen LogP contribution < -0.4 is 10.5 Å². The Hall–Kier alpha value is -3.35. The lowest BCUT2D eigenvalue weighted by molar-refractivity contribution is 0.444. The summed E-state index contributed by atoms with van der Waals surface area (Å²) in [5.74, 6) is 0.109. The molecule has 7 heteroatoms. The number of anilines is 1. The Morgan fingerprint density at radius 3 is 2.72 bits per heavy atom. The molecule has 0 bridgehead atoms. The highest BCUT2D eigenvalue weighted by molar-refractivity contribution is 5.87. The van der Waals surface area contributed by atoms with Gasteiger partial charge in [-0.15, -0.1) is 0 Å². The summed E-state index contributed by atoms with van der Waals surface area (Å²) < 4.78 is 21.8. The number of nitrogens with zero attached hydrogens (tertiary/aromatic N) is 3. The number of benzene rings is 2. The van der Waals surface area contributed by atoms with E-state index in [0.29, 0.717) is 11.4 Å². The molecule has 0 aliphatic heterocycles. The van der Waals surface area contributed by atoms with Crippen LogP contribution in [0.2, 0.25) is 0 Å². The molecule has 0 saturated carbocycles. The lowest BCUT2D eigenvalue weighted by Gasteiger charge is -2.13. The minimum atomic E-state index is -0.514. The monoisotopic (exact) mass is 337 g/mol. The summed E-state index contributed by atoms with van der Waals surface area (Å²) in [4.78, 5) is 0. The van der Waals surface area contributed by atoms with E-state index in [0.717, 1.165) is 27.9 Å². The van der Waals surface area contributed by atoms with E-state index in [1.165, 1.54) is 12.1 Å². The highest BCUT2D eigenvalue weighted by Crippen LogP contribution is 2.37. The second-order valence-electron chi connectivity index (χ2n) is 5.89. The second-order valence-corrected chi connectivity index (χ2v) is 5.89. The number of hydrogen-bond donors (Lipinski definition) is 2. The number of nitrogens with two attached hydrogens (primary N) is 1. The van der Waals surface area contributed by atoms with E-state index in [1.54, 1.807) is 16.9 Å². The van der Waals surface area contributed by atoms with Crippen LogP contribution in [0, 0.1) is 12.7 Å². The fraction of sp³-hybridized carbons (Fsp3) is 0.111. The van der Waals surface area contributed by atoms with Gasteiger partial charge in [-0.1, -0.05) is 0 Å². The molecule has 0 unspecified atom stereocenters. The van der Waals surface area contributed by atoms with Crippen molar-refractivity contribution in [1.29, 1.82) is 0 Å². The number of nitrogens with one attached hydrogen (secondary N) is 1. The predicted octanol–water partition coefficient (Wildman–Crippen LogP) is 3.79. The lowest BCUT2D eigenvalue weighted by atomic mass is 10.1. The van der Waals surface area contributed by atoms with Gasteiger partial charge >= 0.3 is 0 Å². The van der Waals surface area contributed by atoms with Crippen LogP contribution in [-0.4, -0.2) is 20.0 Å². The first-order chi connectivity index (χ1) is 12.0. The molecule has 0 radical (unpaired) electrons. The van der Waals surface area contributed by atoms with E-state index in [1.807, 2.05) is 32.2 Å². The Labute approximate surface area is 143 Å². The van der Waals surface area contributed by atoms with Gasteiger partial charge in [-0.05, 0) is 37.3 Å². The maximum atomic E-state index is 14.2. The number of ether oxygens (including phenoxy) is 1. The number of halogens is 1. The summed E-state index contributed by atoms with van der Waals surface area (Å²) in [5.41, 5.74) is 9.34. The molecule has 126 valence electrons. The van der Waals surface area contributed by atoms with Crippen molar-refractivity contribution in [2.45, 2.75) is 6.92 Å². The van der Waals surface area contributed by atoms with Crippen LogP contribution in [0.4, 0.5) is 10.1 Å². The summed E-state index contributed by atoms with van der Waals surface area (Å²) in [6.07, 6.45) is 1.69. The molecular weight excluding hydrogens is 321 g/mol. The Bertz CT molecular complexity index is 1080. The second kappa shape index (κ2) is 5.62. The number of H-pyrrole nitrogens is 1. The molecule has 0 fully saturated rings. The first kappa shape index (κ1) is 15.2. The highest BCUT2D eigenvalue weighted by Gasteiger charge is 2.16. The van der Waals surface area contributed by atoms with Gasteiger partial charge in [0, 0.05) is 29.8 Å². The lowest BCUT2D eigenvalue weighted by Crippen LogP contribution is -1.97. The molecule has 0 spiro atoms. The van der Waals surface area contributed by atoms with Crippen molar-refractivity contribution in [3.63, 3.8) is 0 Å². The largest absolute Gasteiger partial charge is 0.454 e. The van der Waals surface area contributed by atoms with Crippen LogP contribution in [0.1, 0.15) is 5.69 Å². The molecule has 0 atom stereocenters. The average molecular weight is 337 g/mol. The molecule has 0 aliphatic rings. The zero-order chi connectivity index (χ0) is 17.6. The van der Waals surface area contributed by atoms with Crippen LogP contribution in [0.15, 0.2) is 42.6 Å². The fourth-order valence-corrected chi connectivity index (χ4v) is 2.84. The van der Waals surface area contributed by atoms with Gasteiger partial charge in [-0.3, -0.25) is 9.78 Å². The fourth-order valence-electron chi connectivity index (χ4n) is 2.84. The number of aromatic nitrogens is 4. The normalized spacial score (nSPS) is 11.2. The zero-order valence-corrected chi connectivity index (χ0v) is 13.7. The number of nitrogen functional groups attached to an aromatic ring is 1. The molecule has 2 heterocycles. The van der Waals surface area contributed by atoms with Gasteiger partial charge in [-0.25, -0.2) is 4.39 Å². The van der Waals surface area contributed by atoms with Gasteiger partial charge in [-0.2, -0.15) is 10.2 Å². The quantitative estimate of drug-likeness (QED) is 0.557. The first-order valence-corrected chi connectivity index (χ1v) is 7.72. The van der Waals surface area contributed by atoms with Gasteiger partial charge in [0.2, 0.25) is 0 Å². The summed E-state index contributed by atoms with van der Waals surface area (Å²) in [7, 11) is 1.85. The Kier molecular flexibility index (Phi) is 3.42. The predicted molar refractivity (Wildman–Crippen MR) is 93.9 cm³/mol. The van der Waals surface area contributed by atoms with Gasteiger partial charge in [0.15, 0.2) is 11.6 Å². The molecule has 6 nitrogen and oxygen atoms in total. The van der Waals surface area contributed by atoms with Crippen LogP contribution in [0.3, 0.4) is 0 Å². The topological polar surface area (TPSA) is 81.7 Å². The molecule has 4 rings (SSSR count). The third kappa shape index (κ3) is 2.69. The summed E-state index contributed by atoms with van der Waals surface area (Å²) in [6.45, 7) is 1.92. The van der Waals surface area contributed by atoms with Crippen molar-refractivity contribution in [3.8, 4) is 22.8 Å². The van der Waals surface area contributed by atoms with Gasteiger partial charge < -0.3 is 10.5 Å². The van der Waals surface area contributed by atoms with Crippen molar-refractivity contribution in [1.82, 2.24) is 20.0 Å². The standard InChI is InChI=1S/C18H16FN5O/c1-10-5-16(24(2)23-10)13-8-15-11(9-21-22-15)6-18(13)25-17-4-3-12(20)7-14(17)19/h3-9H,20H2,1-2H3,(H,21,22). The summed E-state index contributed by atoms with van der Waals surface area (Å²) in [6, 6.07) is 10.0. The van der Waals surface area contributed by atoms with Crippen LogP contribution >= 0.6 is 0 Å². The van der Waals surface area contributed by atoms with Crippen LogP contribution in [0.25, 0.3) is 22.2 Å². The van der Waals surface area contributed by atoms with E-state index in [-0.39, 0.29) is 5.75 Å². The van der Waals surface area contributed by atoms with Gasteiger partial charge in [0.05, 0.1) is 23.1 Å². The Morgan fingerprint density at radius 1 is 1.16 bits per heavy atom. The minimum absolute atomic E-state index is 0.109. The van der Waals surface area contributed by atoms with Crippen molar-refractivity contribution in [2.75, 3.05) is 5.73 Å². The third-order valence-electron chi connectivity index (χ3n) is 3.99. The maximum Gasteiger partial charge on any atom is 0.167 e. The zero-order valence-electron chi connectivity index (χ0n) is 13.7. The van der Waals surface area contributed by atoms with Crippen molar-refractivity contribution < 1.29 is 9.13 Å². The Morgan fingerprint density at radius 2 is 2.00 bits per heavy atom. The Balaban J connectivity index is 1.89. The highest BCUT2D eigenvalue weighted by atomic mass is 19.1. The van der Waals surface area contributed by atoms with Crippen LogP contribution in [-0.2, 0) is 7.05 Å². The number of aromatic amines is 1. The molecule has 0 aliphatic carbocycles. The van der Waals surface area contributed by atoms with Gasteiger partial charge in [0.25, 0.3) is 0 Å². The number of rotatable bonds is 3. The van der Waals surface area contributed by atoms with Crippen molar-refractivity contribution >= 4 is 16.6 Å². The molecule has 2 aromatic carbocycles. The van der Waals surface area contributed by atoms with E-state index < -0.39 is 5.82 Å². The number of aryl methyl sites for hydroxylation is 2. The molecule has 25 heavy (non-hydrogen) atoms. The number of hydrogen-bond acceptors (Lipinski definition) is 4. The van der Waals surface area contributed by atoms with E-state index in [2.05, 4.69) is 15.3 Å². The van der Waals surface area contributed by atoms with Crippen LogP contribution in [0.5, 0.6) is 11.5 Å². The number of fused-ring (bicyclic) bond motifs is 1. The molecular formula is C18H16FN5O. The van der Waals surface area contributed by atoms with E-state index in [4.69, 9.17) is 10.5 Å². The maximum absolute atomic E-state index is 14.2. The van der Waals surface area contributed by atoms with E-state index >= 15 is 0 Å². The SMILES string of the molecule is Cc1cc(-c2cc3[nH]ncc3cc2Oc2ccc(N)cc2F)n(C)n1. The summed E-state index contributed by atoms with van der Waals surface area (Å²) in [5, 5.41) is 12.2. The summed E-state index contributed by atoms with van der Waals surface area (Å²) >= 11 is 0. The molecule has 3 N–H and O–H groups in total. The van der Waals surface area contributed by atoms with Crippen molar-refractivity contribution in [3.05, 3.63) is 54.1 Å². The smallest absolute Gasteiger partial charge is 0.167 e.